The fraction of sp³-hybridized carbons (Fsp3) is 0.143. The highest BCUT2D eigenvalue weighted by atomic mass is 35.5. The number of halogens is 3. The molecule has 1 aromatic rings. The molecule has 0 atom stereocenters. The van der Waals surface area contributed by atoms with Crippen LogP contribution >= 0.6 is 11.6 Å². The average Bonchev–Trinajstić information content (AvgIpc) is 2.03. The predicted molar refractivity (Wildman–Crippen MR) is 43.8 cm³/mol. The van der Waals surface area contributed by atoms with Crippen molar-refractivity contribution in [3.05, 3.63) is 23.5 Å². The van der Waals surface area contributed by atoms with E-state index in [1.54, 1.807) is 0 Å². The topological polar surface area (TPSA) is 56.0 Å². The Labute approximate surface area is 77.5 Å². The number of nitrogens with zero attached hydrogens (tertiary/aromatic N) is 1. The van der Waals surface area contributed by atoms with E-state index in [0.717, 1.165) is 12.3 Å². The zero-order valence-electron chi connectivity index (χ0n) is 6.30. The summed E-state index contributed by atoms with van der Waals surface area (Å²) < 4.78 is 24.2. The van der Waals surface area contributed by atoms with Crippen LogP contribution in [0, 0.1) is 0 Å². The number of rotatable bonds is 2. The molecule has 0 fully saturated rings. The van der Waals surface area contributed by atoms with Gasteiger partial charge in [-0.2, -0.15) is 0 Å². The second kappa shape index (κ2) is 3.66. The molecule has 70 valence electrons. The minimum absolute atomic E-state index is 0.00330. The van der Waals surface area contributed by atoms with Crippen LogP contribution in [0.4, 0.5) is 14.5 Å². The van der Waals surface area contributed by atoms with E-state index in [1.807, 2.05) is 0 Å². The van der Waals surface area contributed by atoms with Crippen molar-refractivity contribution in [3.63, 3.8) is 0 Å². The van der Waals surface area contributed by atoms with Gasteiger partial charge in [0.1, 0.15) is 5.69 Å². The van der Waals surface area contributed by atoms with E-state index in [4.69, 9.17) is 17.3 Å². The van der Waals surface area contributed by atoms with Crippen LogP contribution in [0.25, 0.3) is 0 Å². The molecule has 0 radical (unpaired) electrons. The second-order valence-corrected chi connectivity index (χ2v) is 2.62. The normalized spacial score (nSPS) is 10.5. The first-order valence-corrected chi connectivity index (χ1v) is 3.63. The maximum atomic E-state index is 12.1. The van der Waals surface area contributed by atoms with Gasteiger partial charge < -0.3 is 5.73 Å². The summed E-state index contributed by atoms with van der Waals surface area (Å²) in [7, 11) is 0. The second-order valence-electron chi connectivity index (χ2n) is 2.27. The molecule has 1 rings (SSSR count). The minimum Gasteiger partial charge on any atom is -0.397 e. The summed E-state index contributed by atoms with van der Waals surface area (Å²) in [5.74, 6) is 0. The van der Waals surface area contributed by atoms with Gasteiger partial charge in [-0.05, 0) is 17.7 Å². The Morgan fingerprint density at radius 3 is 2.62 bits per heavy atom. The van der Waals surface area contributed by atoms with Crippen LogP contribution in [0.5, 0.6) is 0 Å². The number of carbonyl (C=O) groups is 1. The number of anilines is 1. The van der Waals surface area contributed by atoms with Gasteiger partial charge in [-0.25, -0.2) is 8.78 Å². The maximum absolute atomic E-state index is 12.1. The van der Waals surface area contributed by atoms with Crippen molar-refractivity contribution >= 4 is 22.5 Å². The molecule has 1 heterocycles. The molecule has 2 N–H and O–H groups in total. The molecule has 13 heavy (non-hydrogen) atoms. The van der Waals surface area contributed by atoms with Crippen molar-refractivity contribution in [2.75, 3.05) is 5.73 Å². The summed E-state index contributed by atoms with van der Waals surface area (Å²) >= 11 is 5.09. The molecule has 1 aromatic heterocycles. The summed E-state index contributed by atoms with van der Waals surface area (Å²) in [6.45, 7) is 0. The van der Waals surface area contributed by atoms with Gasteiger partial charge in [0.25, 0.3) is 11.7 Å². The summed E-state index contributed by atoms with van der Waals surface area (Å²) in [4.78, 5) is 13.9. The molecule has 0 aliphatic heterocycles. The average molecular weight is 207 g/mol. The van der Waals surface area contributed by atoms with Crippen LogP contribution in [0.15, 0.2) is 12.3 Å². The molecule has 0 amide bonds. The lowest BCUT2D eigenvalue weighted by Crippen LogP contribution is -2.01. The van der Waals surface area contributed by atoms with Crippen molar-refractivity contribution in [2.24, 2.45) is 0 Å². The number of carbonyl (C=O) groups excluding carboxylic acids is 1. The van der Waals surface area contributed by atoms with E-state index >= 15 is 0 Å². The highest BCUT2D eigenvalue weighted by Gasteiger charge is 2.14. The molecular formula is C7H5ClF2N2O. The van der Waals surface area contributed by atoms with Crippen molar-refractivity contribution in [3.8, 4) is 0 Å². The van der Waals surface area contributed by atoms with E-state index < -0.39 is 17.4 Å². The molecule has 0 aliphatic rings. The van der Waals surface area contributed by atoms with Gasteiger partial charge in [0, 0.05) is 6.20 Å². The Kier molecular flexibility index (Phi) is 2.77. The molecule has 0 aromatic carbocycles. The number of nitrogens with two attached hydrogens (primary N) is 1. The summed E-state index contributed by atoms with van der Waals surface area (Å²) in [6.07, 6.45) is -1.79. The lowest BCUT2D eigenvalue weighted by Gasteiger charge is -2.03. The van der Waals surface area contributed by atoms with Gasteiger partial charge in [0.2, 0.25) is 0 Å². The van der Waals surface area contributed by atoms with Crippen molar-refractivity contribution in [1.29, 1.82) is 0 Å². The Bertz CT molecular complexity index is 343. The van der Waals surface area contributed by atoms with Crippen molar-refractivity contribution in [2.45, 2.75) is 6.43 Å². The largest absolute Gasteiger partial charge is 0.397 e. The number of nitrogen functional groups attached to an aromatic ring is 1. The molecule has 0 unspecified atom stereocenters. The van der Waals surface area contributed by atoms with Crippen molar-refractivity contribution in [1.82, 2.24) is 4.98 Å². The van der Waals surface area contributed by atoms with Gasteiger partial charge in [-0.3, -0.25) is 9.78 Å². The number of alkyl halides is 2. The Hall–Kier alpha value is -1.23. The maximum Gasteiger partial charge on any atom is 0.282 e. The third-order valence-corrected chi connectivity index (χ3v) is 1.60. The SMILES string of the molecule is Nc1cc(C(=O)Cl)cnc1C(F)F. The molecule has 3 nitrogen and oxygen atoms in total. The van der Waals surface area contributed by atoms with Gasteiger partial charge >= 0.3 is 0 Å². The molecule has 0 aliphatic carbocycles. The predicted octanol–water partition coefficient (Wildman–Crippen LogP) is 1.98. The molecular weight excluding hydrogens is 202 g/mol. The first kappa shape index (κ1) is 9.85. The first-order valence-electron chi connectivity index (χ1n) is 3.25. The van der Waals surface area contributed by atoms with Crippen LogP contribution < -0.4 is 5.73 Å². The number of aromatic nitrogens is 1. The number of hydrogen-bond acceptors (Lipinski definition) is 3. The van der Waals surface area contributed by atoms with Gasteiger partial charge in [-0.1, -0.05) is 0 Å². The Morgan fingerprint density at radius 2 is 2.23 bits per heavy atom. The van der Waals surface area contributed by atoms with E-state index in [1.165, 1.54) is 0 Å². The fourth-order valence-electron chi connectivity index (χ4n) is 0.782. The standard InChI is InChI=1S/C7H5ClF2N2O/c8-6(13)3-1-4(11)5(7(9)10)12-2-3/h1-2,7H,11H2. The number of hydrogen-bond donors (Lipinski definition) is 1. The zero-order chi connectivity index (χ0) is 10.0. The van der Waals surface area contributed by atoms with E-state index in [9.17, 15) is 13.6 Å². The number of pyridine rings is 1. The van der Waals surface area contributed by atoms with Crippen LogP contribution in [0.1, 0.15) is 22.5 Å². The smallest absolute Gasteiger partial charge is 0.282 e. The molecule has 0 bridgehead atoms. The third kappa shape index (κ3) is 2.12. The lowest BCUT2D eigenvalue weighted by molar-refractivity contribution is 0.108. The highest BCUT2D eigenvalue weighted by molar-refractivity contribution is 6.67. The zero-order valence-corrected chi connectivity index (χ0v) is 7.05. The molecule has 0 saturated carbocycles. The van der Waals surface area contributed by atoms with Crippen LogP contribution in [0.3, 0.4) is 0 Å². The van der Waals surface area contributed by atoms with Crippen LogP contribution in [0.2, 0.25) is 0 Å². The van der Waals surface area contributed by atoms with E-state index in [0.29, 0.717) is 0 Å². The van der Waals surface area contributed by atoms with Gasteiger partial charge in [0.15, 0.2) is 0 Å². The van der Waals surface area contributed by atoms with Gasteiger partial charge in [0.05, 0.1) is 11.3 Å². The highest BCUT2D eigenvalue weighted by Crippen LogP contribution is 2.23. The van der Waals surface area contributed by atoms with E-state index in [-0.39, 0.29) is 11.3 Å². The first-order chi connectivity index (χ1) is 6.02. The Balaban J connectivity index is 3.13. The summed E-state index contributed by atoms with van der Waals surface area (Å²) in [5.41, 5.74) is 4.44. The fourth-order valence-corrected chi connectivity index (χ4v) is 0.886. The minimum atomic E-state index is -2.75. The van der Waals surface area contributed by atoms with Crippen LogP contribution in [-0.2, 0) is 0 Å². The summed E-state index contributed by atoms with van der Waals surface area (Å²) in [6, 6.07) is 1.07. The lowest BCUT2D eigenvalue weighted by atomic mass is 10.2. The van der Waals surface area contributed by atoms with E-state index in [2.05, 4.69) is 4.98 Å². The molecule has 0 spiro atoms. The molecule has 6 heteroatoms. The summed E-state index contributed by atoms with van der Waals surface area (Å²) in [5, 5.41) is -0.778. The Morgan fingerprint density at radius 1 is 1.62 bits per heavy atom. The quantitative estimate of drug-likeness (QED) is 0.753. The van der Waals surface area contributed by atoms with Crippen molar-refractivity contribution < 1.29 is 13.6 Å². The monoisotopic (exact) mass is 206 g/mol. The molecule has 0 saturated heterocycles. The van der Waals surface area contributed by atoms with Crippen LogP contribution in [-0.4, -0.2) is 10.2 Å². The van der Waals surface area contributed by atoms with Gasteiger partial charge in [-0.15, -0.1) is 0 Å². The third-order valence-electron chi connectivity index (χ3n) is 1.38.